The van der Waals surface area contributed by atoms with Gasteiger partial charge in [0.1, 0.15) is 25.4 Å². The van der Waals surface area contributed by atoms with Gasteiger partial charge in [-0.2, -0.15) is 0 Å². The lowest BCUT2D eigenvalue weighted by Gasteiger charge is -2.21. The minimum Gasteiger partial charge on any atom is -0.463 e. The molecule has 0 aliphatic carbocycles. The van der Waals surface area contributed by atoms with Crippen LogP contribution in [0.3, 0.4) is 0 Å². The summed E-state index contributed by atoms with van der Waals surface area (Å²) in [6.45, 7) is 2.40. The van der Waals surface area contributed by atoms with E-state index in [1.807, 2.05) is 0 Å². The third-order valence-corrected chi connectivity index (χ3v) is 17.4. The second-order valence-corrected chi connectivity index (χ2v) is 27.9. The van der Waals surface area contributed by atoms with Crippen LogP contribution in [0.25, 0.3) is 0 Å². The molecule has 0 saturated heterocycles. The number of ether oxygens (including phenoxy) is 3. The Morgan fingerprint density at radius 2 is 0.535 bits per heavy atom. The lowest BCUT2D eigenvalue weighted by molar-refractivity contribution is -0.161. The first-order valence-corrected chi connectivity index (χ1v) is 41.1. The Kier molecular flexibility index (Phi) is 69.8. The summed E-state index contributed by atoms with van der Waals surface area (Å²) in [5.74, 6) is -1.61. The van der Waals surface area contributed by atoms with E-state index in [0.29, 0.717) is 19.3 Å². The zero-order valence-electron chi connectivity index (χ0n) is 61.6. The monoisotopic (exact) mass is 1430 g/mol. The fourth-order valence-electron chi connectivity index (χ4n) is 9.77. The van der Waals surface area contributed by atoms with Crippen molar-refractivity contribution in [1.29, 1.82) is 0 Å². The molecule has 18 heteroatoms. The van der Waals surface area contributed by atoms with Crippen LogP contribution >= 0.6 is 15.6 Å². The van der Waals surface area contributed by atoms with Gasteiger partial charge in [0, 0.05) is 19.3 Å². The van der Waals surface area contributed by atoms with E-state index in [1.54, 1.807) is 0 Å². The number of phosphoric ester groups is 2. The summed E-state index contributed by atoms with van der Waals surface area (Å²) in [7, 11) is -9.80. The summed E-state index contributed by atoms with van der Waals surface area (Å²) >= 11 is 0. The third-order valence-electron chi connectivity index (χ3n) is 15.5. The molecule has 0 amide bonds. The van der Waals surface area contributed by atoms with Gasteiger partial charge >= 0.3 is 33.6 Å². The topological polar surface area (TPSA) is 231 Å². The van der Waals surface area contributed by atoms with Gasteiger partial charge in [-0.15, -0.1) is 0 Å². The molecule has 5 unspecified atom stereocenters. The molecule has 0 radical (unpaired) electrons. The van der Waals surface area contributed by atoms with Gasteiger partial charge in [-0.05, 0) is 141 Å². The van der Waals surface area contributed by atoms with E-state index in [9.17, 15) is 43.5 Å². The fourth-order valence-corrected chi connectivity index (χ4v) is 11.4. The molecular formula is C81H136O16P2. The van der Waals surface area contributed by atoms with Crippen LogP contribution in [0, 0.1) is 0 Å². The summed E-state index contributed by atoms with van der Waals surface area (Å²) in [5.41, 5.74) is 0. The van der Waals surface area contributed by atoms with Crippen LogP contribution < -0.4 is 0 Å². The van der Waals surface area contributed by atoms with Crippen LogP contribution in [0.5, 0.6) is 0 Å². The maximum atomic E-state index is 12.9. The predicted octanol–water partition coefficient (Wildman–Crippen LogP) is 22.1. The average molecular weight is 1430 g/mol. The van der Waals surface area contributed by atoms with Crippen LogP contribution in [-0.4, -0.2) is 95.9 Å². The number of esters is 3. The van der Waals surface area contributed by atoms with E-state index in [4.69, 9.17) is 32.3 Å². The number of carbonyl (C=O) groups is 3. The number of allylic oxidation sites excluding steroid dienone is 24. The average Bonchev–Trinajstić information content (AvgIpc) is 1.37. The molecule has 0 saturated carbocycles. The zero-order chi connectivity index (χ0) is 72.3. The molecule has 0 aromatic rings. The highest BCUT2D eigenvalue weighted by atomic mass is 31.2. The molecule has 16 nitrogen and oxygen atoms in total. The van der Waals surface area contributed by atoms with E-state index in [-0.39, 0.29) is 19.3 Å². The second-order valence-electron chi connectivity index (χ2n) is 25.0. The minimum atomic E-state index is -4.94. The number of hydrogen-bond donors (Lipinski definition) is 4. The van der Waals surface area contributed by atoms with Crippen molar-refractivity contribution in [3.05, 3.63) is 146 Å². The van der Waals surface area contributed by atoms with Crippen molar-refractivity contribution in [2.45, 2.75) is 309 Å². The SMILES string of the molecule is CC/C=C\C/C=C\C/C=C\C/C=C\C/C=C\C/C=C\CCCCCCCCC(=O)OCC(O)COP(=O)(O)OCC(O)COP(=O)(O)OCC(COC(=O)CCCCCCCCCCC/C=C\C/C=C\C/C=C\C/C=C\C/C=C\CC)OC(=O)CCCCCCC/C=C\CCCCCC. The first kappa shape index (κ1) is 94.4. The van der Waals surface area contributed by atoms with Crippen molar-refractivity contribution >= 4 is 33.6 Å². The van der Waals surface area contributed by atoms with E-state index < -0.39 is 91.5 Å². The number of phosphoric acid groups is 2. The van der Waals surface area contributed by atoms with Crippen molar-refractivity contribution in [2.75, 3.05) is 39.6 Å². The second kappa shape index (κ2) is 73.2. The highest BCUT2D eigenvalue weighted by Gasteiger charge is 2.29. The van der Waals surface area contributed by atoms with Crippen molar-refractivity contribution in [3.8, 4) is 0 Å². The van der Waals surface area contributed by atoms with Gasteiger partial charge in [-0.1, -0.05) is 276 Å². The lowest BCUT2D eigenvalue weighted by Crippen LogP contribution is -2.30. The van der Waals surface area contributed by atoms with Crippen molar-refractivity contribution in [3.63, 3.8) is 0 Å². The van der Waals surface area contributed by atoms with Crippen LogP contribution in [-0.2, 0) is 55.8 Å². The molecule has 0 aromatic heterocycles. The zero-order valence-corrected chi connectivity index (χ0v) is 63.4. The fraction of sp³-hybridized carbons (Fsp3) is 0.667. The highest BCUT2D eigenvalue weighted by molar-refractivity contribution is 7.47. The largest absolute Gasteiger partial charge is 0.472 e. The molecular weight excluding hydrogens is 1290 g/mol. The normalized spacial score (nSPS) is 14.9. The molecule has 0 bridgehead atoms. The van der Waals surface area contributed by atoms with Crippen LogP contribution in [0.2, 0.25) is 0 Å². The lowest BCUT2D eigenvalue weighted by atomic mass is 10.1. The molecule has 0 rings (SSSR count). The molecule has 5 atom stereocenters. The van der Waals surface area contributed by atoms with Gasteiger partial charge in [0.15, 0.2) is 6.10 Å². The van der Waals surface area contributed by atoms with Crippen LogP contribution in [0.15, 0.2) is 146 Å². The number of hydrogen-bond acceptors (Lipinski definition) is 14. The molecule has 0 aromatic carbocycles. The van der Waals surface area contributed by atoms with Crippen LogP contribution in [0.4, 0.5) is 0 Å². The molecule has 0 spiro atoms. The number of carbonyl (C=O) groups excluding carboxylic acids is 3. The van der Waals surface area contributed by atoms with Crippen molar-refractivity contribution < 1.29 is 75.8 Å². The van der Waals surface area contributed by atoms with Crippen molar-refractivity contribution in [1.82, 2.24) is 0 Å². The van der Waals surface area contributed by atoms with E-state index >= 15 is 0 Å². The molecule has 0 aliphatic rings. The first-order chi connectivity index (χ1) is 48.2. The molecule has 0 heterocycles. The smallest absolute Gasteiger partial charge is 0.463 e. The Balaban J connectivity index is 4.60. The summed E-state index contributed by atoms with van der Waals surface area (Å²) in [6.07, 6.45) is 88.9. The van der Waals surface area contributed by atoms with Gasteiger partial charge in [0.05, 0.1) is 26.4 Å². The molecule has 0 fully saturated rings. The Labute approximate surface area is 600 Å². The third kappa shape index (κ3) is 74.4. The first-order valence-electron chi connectivity index (χ1n) is 38.1. The van der Waals surface area contributed by atoms with Gasteiger partial charge < -0.3 is 34.2 Å². The molecule has 99 heavy (non-hydrogen) atoms. The van der Waals surface area contributed by atoms with Crippen LogP contribution in [0.1, 0.15) is 290 Å². The molecule has 0 aliphatic heterocycles. The van der Waals surface area contributed by atoms with E-state index in [1.165, 1.54) is 51.4 Å². The standard InChI is InChI=1S/C81H136O16P2/c1-4-7-10-13-16-19-22-25-27-29-31-33-35-37-39-41-43-45-47-50-52-55-58-61-64-67-79(84)91-70-76(82)71-93-98(87,88)94-72-77(83)73-95-99(89,90)96-75-78(97-81(86)69-66-63-60-57-54-49-24-21-18-15-12-9-6-3)74-92-80(85)68-65-62-59-56-53-51-48-46-44-42-40-38-36-34-32-30-28-26-23-20-17-14-11-8-5-2/h7-8,10-11,16-17,19-21,24-28,31-34,37-40,43,45,76-78,82-83H,4-6,9,12-15,18,22-23,29-30,35-36,41-42,44,46-75H2,1-3H3,(H,87,88)(H,89,90)/b10-7-,11-8-,19-16-,20-17-,24-21-,27-25-,28-26-,33-31-,34-32-,39-37-,40-38-,45-43-. The number of aliphatic hydroxyl groups excluding tert-OH is 2. The summed E-state index contributed by atoms with van der Waals surface area (Å²) < 4.78 is 61.1. The predicted molar refractivity (Wildman–Crippen MR) is 408 cm³/mol. The summed E-state index contributed by atoms with van der Waals surface area (Å²) in [5, 5.41) is 20.6. The molecule has 566 valence electrons. The van der Waals surface area contributed by atoms with Gasteiger partial charge in [0.25, 0.3) is 0 Å². The maximum Gasteiger partial charge on any atom is 0.472 e. The Hall–Kier alpha value is -4.57. The van der Waals surface area contributed by atoms with Crippen molar-refractivity contribution in [2.24, 2.45) is 0 Å². The Morgan fingerprint density at radius 1 is 0.293 bits per heavy atom. The van der Waals surface area contributed by atoms with E-state index in [2.05, 4.69) is 167 Å². The van der Waals surface area contributed by atoms with Gasteiger partial charge in [-0.3, -0.25) is 32.5 Å². The van der Waals surface area contributed by atoms with Gasteiger partial charge in [0.2, 0.25) is 0 Å². The summed E-state index contributed by atoms with van der Waals surface area (Å²) in [6, 6.07) is 0. The summed E-state index contributed by atoms with van der Waals surface area (Å²) in [4.78, 5) is 58.6. The highest BCUT2D eigenvalue weighted by Crippen LogP contribution is 2.45. The molecule has 4 N–H and O–H groups in total. The van der Waals surface area contributed by atoms with Gasteiger partial charge in [-0.25, -0.2) is 9.13 Å². The van der Waals surface area contributed by atoms with E-state index in [0.717, 1.165) is 180 Å². The minimum absolute atomic E-state index is 0.0896. The quantitative estimate of drug-likeness (QED) is 0.0146. The number of rotatable bonds is 71. The maximum absolute atomic E-state index is 12.9. The number of aliphatic hydroxyl groups is 2. The Bertz CT molecular complexity index is 2380. The Morgan fingerprint density at radius 3 is 0.859 bits per heavy atom. The number of unbranched alkanes of at least 4 members (excludes halogenated alkanes) is 24.